The Bertz CT molecular complexity index is 867. The molecule has 0 radical (unpaired) electrons. The lowest BCUT2D eigenvalue weighted by Crippen LogP contribution is -2.45. The molecule has 1 aliphatic heterocycles. The van der Waals surface area contributed by atoms with Crippen LogP contribution in [0.2, 0.25) is 10.0 Å². The van der Waals surface area contributed by atoms with Crippen LogP contribution in [0.15, 0.2) is 42.5 Å². The molecule has 0 saturated carbocycles. The zero-order valence-electron chi connectivity index (χ0n) is 15.9. The van der Waals surface area contributed by atoms with Crippen molar-refractivity contribution in [1.82, 2.24) is 9.80 Å². The van der Waals surface area contributed by atoms with Gasteiger partial charge < -0.3 is 9.64 Å². The summed E-state index contributed by atoms with van der Waals surface area (Å²) in [7, 11) is 1.89. The molecule has 2 aliphatic rings. The normalized spacial score (nSPS) is 21.5. The molecule has 1 aliphatic carbocycles. The van der Waals surface area contributed by atoms with E-state index in [9.17, 15) is 4.79 Å². The quantitative estimate of drug-likeness (QED) is 0.711. The van der Waals surface area contributed by atoms with E-state index in [0.29, 0.717) is 21.8 Å². The second-order valence-electron chi connectivity index (χ2n) is 7.53. The first-order chi connectivity index (χ1) is 13.5. The molecule has 1 fully saturated rings. The first-order valence-corrected chi connectivity index (χ1v) is 10.5. The van der Waals surface area contributed by atoms with Crippen molar-refractivity contribution in [2.45, 2.75) is 31.3 Å². The summed E-state index contributed by atoms with van der Waals surface area (Å²) in [6, 6.07) is 13.9. The first kappa shape index (κ1) is 19.6. The van der Waals surface area contributed by atoms with Crippen LogP contribution in [0.3, 0.4) is 0 Å². The van der Waals surface area contributed by atoms with Gasteiger partial charge in [-0.1, -0.05) is 47.5 Å². The molecule has 6 heteroatoms. The van der Waals surface area contributed by atoms with E-state index >= 15 is 0 Å². The van der Waals surface area contributed by atoms with Gasteiger partial charge in [-0.3, -0.25) is 9.69 Å². The topological polar surface area (TPSA) is 32.8 Å². The van der Waals surface area contributed by atoms with Crippen LogP contribution in [-0.2, 0) is 11.2 Å². The van der Waals surface area contributed by atoms with Gasteiger partial charge in [0.2, 0.25) is 0 Å². The minimum absolute atomic E-state index is 0.0279. The molecule has 148 valence electrons. The van der Waals surface area contributed by atoms with Crippen LogP contribution in [-0.4, -0.2) is 48.5 Å². The van der Waals surface area contributed by atoms with Crippen LogP contribution in [0.4, 0.5) is 0 Å². The van der Waals surface area contributed by atoms with Gasteiger partial charge in [-0.2, -0.15) is 0 Å². The minimum Gasteiger partial charge on any atom is -0.484 e. The number of rotatable bonds is 5. The predicted octanol–water partition coefficient (Wildman–Crippen LogP) is 4.59. The van der Waals surface area contributed by atoms with Crippen LogP contribution in [0, 0.1) is 0 Å². The molecule has 1 heterocycles. The van der Waals surface area contributed by atoms with E-state index in [1.807, 2.05) is 11.9 Å². The predicted molar refractivity (Wildman–Crippen MR) is 112 cm³/mol. The van der Waals surface area contributed by atoms with Crippen molar-refractivity contribution in [2.24, 2.45) is 0 Å². The standard InChI is InChI=1S/C22H24Cl2N2O2/c1-25(21(27)14-28-16-8-9-18(23)19(24)13-16)22-17-7-3-2-6-15(17)12-20(22)26-10-4-5-11-26/h2-3,6-9,13,20,22H,4-5,10-12,14H2,1H3/t20-,22-/m1/s1. The van der Waals surface area contributed by atoms with Crippen LogP contribution in [0.1, 0.15) is 30.0 Å². The fraction of sp³-hybridized carbons (Fsp3) is 0.409. The molecule has 4 nitrogen and oxygen atoms in total. The summed E-state index contributed by atoms with van der Waals surface area (Å²) in [5.74, 6) is 0.496. The monoisotopic (exact) mass is 418 g/mol. The Morgan fingerprint density at radius 1 is 1.14 bits per heavy atom. The van der Waals surface area contributed by atoms with E-state index in [0.717, 1.165) is 19.5 Å². The van der Waals surface area contributed by atoms with Crippen molar-refractivity contribution in [2.75, 3.05) is 26.7 Å². The number of likely N-dealkylation sites (N-methyl/N-ethyl adjacent to an activating group) is 1. The van der Waals surface area contributed by atoms with Gasteiger partial charge in [0.25, 0.3) is 5.91 Å². The smallest absolute Gasteiger partial charge is 0.260 e. The first-order valence-electron chi connectivity index (χ1n) is 9.70. The molecule has 2 aromatic carbocycles. The highest BCUT2D eigenvalue weighted by Gasteiger charge is 2.40. The highest BCUT2D eigenvalue weighted by molar-refractivity contribution is 6.42. The van der Waals surface area contributed by atoms with Crippen molar-refractivity contribution in [1.29, 1.82) is 0 Å². The highest BCUT2D eigenvalue weighted by atomic mass is 35.5. The van der Waals surface area contributed by atoms with E-state index in [2.05, 4.69) is 29.2 Å². The number of amides is 1. The Hall–Kier alpha value is -1.75. The average molecular weight is 419 g/mol. The second-order valence-corrected chi connectivity index (χ2v) is 8.34. The maximum Gasteiger partial charge on any atom is 0.260 e. The summed E-state index contributed by atoms with van der Waals surface area (Å²) in [4.78, 5) is 17.3. The van der Waals surface area contributed by atoms with Gasteiger partial charge in [0.1, 0.15) is 5.75 Å². The lowest BCUT2D eigenvalue weighted by atomic mass is 10.0. The number of nitrogens with zero attached hydrogens (tertiary/aromatic N) is 2. The Morgan fingerprint density at radius 3 is 2.64 bits per heavy atom. The summed E-state index contributed by atoms with van der Waals surface area (Å²) in [6.07, 6.45) is 3.46. The molecule has 1 amide bonds. The maximum absolute atomic E-state index is 12.9. The molecule has 0 bridgehead atoms. The van der Waals surface area contributed by atoms with Crippen LogP contribution in [0.5, 0.6) is 5.75 Å². The van der Waals surface area contributed by atoms with E-state index in [-0.39, 0.29) is 18.6 Å². The molecule has 2 atom stereocenters. The second kappa shape index (κ2) is 8.32. The number of halogens is 2. The molecule has 2 aromatic rings. The molecule has 0 N–H and O–H groups in total. The summed E-state index contributed by atoms with van der Waals surface area (Å²) in [6.45, 7) is 2.19. The van der Waals surface area contributed by atoms with Crippen molar-refractivity contribution in [3.8, 4) is 5.75 Å². The fourth-order valence-corrected chi connectivity index (χ4v) is 4.68. The third kappa shape index (κ3) is 3.86. The van der Waals surface area contributed by atoms with E-state index in [4.69, 9.17) is 27.9 Å². The van der Waals surface area contributed by atoms with Crippen molar-refractivity contribution in [3.05, 3.63) is 63.6 Å². The van der Waals surface area contributed by atoms with E-state index < -0.39 is 0 Å². The largest absolute Gasteiger partial charge is 0.484 e. The van der Waals surface area contributed by atoms with Gasteiger partial charge in [-0.25, -0.2) is 0 Å². The number of fused-ring (bicyclic) bond motifs is 1. The van der Waals surface area contributed by atoms with Gasteiger partial charge in [-0.15, -0.1) is 0 Å². The zero-order chi connectivity index (χ0) is 19.7. The number of hydrogen-bond acceptors (Lipinski definition) is 3. The number of likely N-dealkylation sites (tertiary alicyclic amines) is 1. The Morgan fingerprint density at radius 2 is 1.89 bits per heavy atom. The van der Waals surface area contributed by atoms with Crippen LogP contribution in [0.25, 0.3) is 0 Å². The highest BCUT2D eigenvalue weighted by Crippen LogP contribution is 2.39. The van der Waals surface area contributed by atoms with Gasteiger partial charge in [0.15, 0.2) is 6.61 Å². The average Bonchev–Trinajstić information content (AvgIpc) is 3.35. The number of carbonyl (C=O) groups is 1. The summed E-state index contributed by atoms with van der Waals surface area (Å²) in [5.41, 5.74) is 2.60. The molecular weight excluding hydrogens is 395 g/mol. The van der Waals surface area contributed by atoms with Gasteiger partial charge >= 0.3 is 0 Å². The minimum atomic E-state index is -0.0445. The van der Waals surface area contributed by atoms with Gasteiger partial charge in [-0.05, 0) is 55.6 Å². The Kier molecular flexibility index (Phi) is 5.81. The number of hydrogen-bond donors (Lipinski definition) is 0. The molecule has 0 spiro atoms. The van der Waals surface area contributed by atoms with Crippen molar-refractivity contribution < 1.29 is 9.53 Å². The van der Waals surface area contributed by atoms with Gasteiger partial charge in [0.05, 0.1) is 16.1 Å². The summed E-state index contributed by atoms with van der Waals surface area (Å²) in [5, 5.41) is 0.882. The van der Waals surface area contributed by atoms with Gasteiger partial charge in [0, 0.05) is 19.2 Å². The third-order valence-corrected chi connectivity index (χ3v) is 6.58. The lowest BCUT2D eigenvalue weighted by molar-refractivity contribution is -0.135. The molecular formula is C22H24Cl2N2O2. The van der Waals surface area contributed by atoms with Crippen LogP contribution < -0.4 is 4.74 Å². The third-order valence-electron chi connectivity index (χ3n) is 5.84. The van der Waals surface area contributed by atoms with E-state index in [1.165, 1.54) is 24.0 Å². The molecule has 28 heavy (non-hydrogen) atoms. The molecule has 4 rings (SSSR count). The van der Waals surface area contributed by atoms with E-state index in [1.54, 1.807) is 18.2 Å². The molecule has 0 unspecified atom stereocenters. The summed E-state index contributed by atoms with van der Waals surface area (Å²) >= 11 is 12.0. The molecule has 0 aromatic heterocycles. The Balaban J connectivity index is 1.49. The number of carbonyl (C=O) groups excluding carboxylic acids is 1. The number of benzene rings is 2. The number of ether oxygens (including phenoxy) is 1. The SMILES string of the molecule is CN(C(=O)COc1ccc(Cl)c(Cl)c1)[C@@H]1c2ccccc2C[C@H]1N1CCCC1. The Labute approximate surface area is 176 Å². The van der Waals surface area contributed by atoms with Crippen molar-refractivity contribution in [3.63, 3.8) is 0 Å². The fourth-order valence-electron chi connectivity index (χ4n) is 4.39. The maximum atomic E-state index is 12.9. The zero-order valence-corrected chi connectivity index (χ0v) is 17.4. The van der Waals surface area contributed by atoms with Crippen molar-refractivity contribution >= 4 is 29.1 Å². The lowest BCUT2D eigenvalue weighted by Gasteiger charge is -2.35. The summed E-state index contributed by atoms with van der Waals surface area (Å²) < 4.78 is 5.69. The molecule has 1 saturated heterocycles. The van der Waals surface area contributed by atoms with Crippen LogP contribution >= 0.6 is 23.2 Å².